The quantitative estimate of drug-likeness (QED) is 0.830. The van der Waals surface area contributed by atoms with Gasteiger partial charge in [-0.2, -0.15) is 0 Å². The number of halogens is 1. The number of carbonyl (C=O) groups excluding carboxylic acids is 1. The van der Waals surface area contributed by atoms with E-state index in [0.717, 1.165) is 16.7 Å². The molecule has 0 saturated heterocycles. The summed E-state index contributed by atoms with van der Waals surface area (Å²) in [6, 6.07) is 7.43. The normalized spacial score (nSPS) is 10.6. The minimum Gasteiger partial charge on any atom is -0.497 e. The third kappa shape index (κ3) is 2.91. The lowest BCUT2D eigenvalue weighted by molar-refractivity contribution is 0.0952. The minimum absolute atomic E-state index is 0.129. The second-order valence-electron chi connectivity index (χ2n) is 3.71. The zero-order valence-electron chi connectivity index (χ0n) is 9.83. The Balaban J connectivity index is 2.16. The van der Waals surface area contributed by atoms with E-state index >= 15 is 0 Å². The monoisotopic (exact) mass is 284 g/mol. The summed E-state index contributed by atoms with van der Waals surface area (Å²) in [7, 11) is 8.27. The van der Waals surface area contributed by atoms with Gasteiger partial charge in [0.25, 0.3) is 5.91 Å². The Morgan fingerprint density at radius 3 is 3.06 bits per heavy atom. The van der Waals surface area contributed by atoms with E-state index in [9.17, 15) is 4.79 Å². The fourth-order valence-corrected chi connectivity index (χ4v) is 2.07. The van der Waals surface area contributed by atoms with Crippen LogP contribution >= 0.6 is 21.7 Å². The van der Waals surface area contributed by atoms with Crippen LogP contribution in [0.2, 0.25) is 0 Å². The molecule has 0 aliphatic rings. The van der Waals surface area contributed by atoms with E-state index in [1.54, 1.807) is 13.2 Å². The van der Waals surface area contributed by atoms with Gasteiger partial charge in [0.1, 0.15) is 11.4 Å². The van der Waals surface area contributed by atoms with Crippen LogP contribution in [-0.2, 0) is 0 Å². The number of carbonyl (C=O) groups is 1. The molecule has 0 bridgehead atoms. The Morgan fingerprint density at radius 1 is 1.50 bits per heavy atom. The molecule has 1 heterocycles. The van der Waals surface area contributed by atoms with E-state index in [-0.39, 0.29) is 5.91 Å². The summed E-state index contributed by atoms with van der Waals surface area (Å²) in [5.74, 6) is 1.32. The summed E-state index contributed by atoms with van der Waals surface area (Å²) in [6.07, 6.45) is 0. The van der Waals surface area contributed by atoms with Crippen LogP contribution in [0.4, 0.5) is 0 Å². The Hall–Kier alpha value is -1.33. The Labute approximate surface area is 114 Å². The molecule has 2 rings (SSSR count). The van der Waals surface area contributed by atoms with E-state index in [1.807, 2.05) is 18.2 Å². The van der Waals surface area contributed by atoms with Crippen molar-refractivity contribution in [3.05, 3.63) is 30.0 Å². The zero-order valence-corrected chi connectivity index (χ0v) is 11.4. The largest absolute Gasteiger partial charge is 0.497 e. The van der Waals surface area contributed by atoms with Crippen molar-refractivity contribution in [3.8, 4) is 5.75 Å². The maximum absolute atomic E-state index is 11.8. The van der Waals surface area contributed by atoms with Crippen LogP contribution in [-0.4, -0.2) is 30.3 Å². The molecule has 18 heavy (non-hydrogen) atoms. The first-order chi connectivity index (χ1) is 8.74. The van der Waals surface area contributed by atoms with Gasteiger partial charge in [0.15, 0.2) is 0 Å². The molecule has 0 fully saturated rings. The summed E-state index contributed by atoms with van der Waals surface area (Å²) in [6.45, 7) is 0.547. The van der Waals surface area contributed by atoms with Crippen LogP contribution in [0.1, 0.15) is 10.5 Å². The first-order valence-electron chi connectivity index (χ1n) is 5.43. The Kier molecular flexibility index (Phi) is 4.38. The molecular weight excluding hydrogens is 272 g/mol. The Morgan fingerprint density at radius 2 is 2.33 bits per heavy atom. The molecule has 1 aromatic heterocycles. The number of aromatic nitrogens is 1. The number of benzene rings is 1. The van der Waals surface area contributed by atoms with Crippen LogP contribution in [0.15, 0.2) is 24.3 Å². The molecule has 0 aliphatic carbocycles. The van der Waals surface area contributed by atoms with E-state index < -0.39 is 0 Å². The van der Waals surface area contributed by atoms with Gasteiger partial charge in [-0.05, 0) is 34.9 Å². The number of aromatic amines is 1. The van der Waals surface area contributed by atoms with Crippen LogP contribution in [0.25, 0.3) is 10.9 Å². The van der Waals surface area contributed by atoms with Gasteiger partial charge in [0, 0.05) is 23.2 Å². The van der Waals surface area contributed by atoms with Gasteiger partial charge in [0.2, 0.25) is 0 Å². The lowest BCUT2D eigenvalue weighted by Crippen LogP contribution is -2.25. The molecule has 1 aromatic carbocycles. The van der Waals surface area contributed by atoms with Crippen molar-refractivity contribution in [1.29, 1.82) is 0 Å². The molecule has 0 saturated carbocycles. The SMILES string of the molecule is COc1ccc2[nH]c(C(=O)NCCSCl)cc2c1. The number of nitrogens with one attached hydrogen (secondary N) is 2. The summed E-state index contributed by atoms with van der Waals surface area (Å²) in [5.41, 5.74) is 1.45. The average molecular weight is 285 g/mol. The number of H-pyrrole nitrogens is 1. The number of amides is 1. The summed E-state index contributed by atoms with van der Waals surface area (Å²) in [5, 5.41) is 3.73. The molecule has 0 atom stereocenters. The molecule has 2 aromatic rings. The summed E-state index contributed by atoms with van der Waals surface area (Å²) < 4.78 is 5.14. The molecule has 2 N–H and O–H groups in total. The fraction of sp³-hybridized carbons (Fsp3) is 0.250. The molecule has 0 unspecified atom stereocenters. The molecule has 0 spiro atoms. The third-order valence-electron chi connectivity index (χ3n) is 2.54. The minimum atomic E-state index is -0.129. The smallest absolute Gasteiger partial charge is 0.267 e. The van der Waals surface area contributed by atoms with E-state index in [2.05, 4.69) is 10.3 Å². The van der Waals surface area contributed by atoms with Crippen molar-refractivity contribution in [3.63, 3.8) is 0 Å². The van der Waals surface area contributed by atoms with Gasteiger partial charge < -0.3 is 15.0 Å². The number of methoxy groups -OCH3 is 1. The summed E-state index contributed by atoms with van der Waals surface area (Å²) in [4.78, 5) is 14.9. The maximum Gasteiger partial charge on any atom is 0.267 e. The van der Waals surface area contributed by atoms with Gasteiger partial charge in [-0.3, -0.25) is 4.79 Å². The highest BCUT2D eigenvalue weighted by Gasteiger charge is 2.09. The predicted octanol–water partition coefficient (Wildman–Crippen LogP) is 2.79. The van der Waals surface area contributed by atoms with Crippen LogP contribution < -0.4 is 10.1 Å². The standard InChI is InChI=1S/C12H13ClN2O2S/c1-17-9-2-3-10-8(6-9)7-11(15-10)12(16)14-4-5-18-13/h2-3,6-7,15H,4-5H2,1H3,(H,14,16). The molecule has 4 nitrogen and oxygen atoms in total. The van der Waals surface area contributed by atoms with Crippen LogP contribution in [0.5, 0.6) is 5.75 Å². The lowest BCUT2D eigenvalue weighted by Gasteiger charge is -2.00. The third-order valence-corrected chi connectivity index (χ3v) is 3.36. The predicted molar refractivity (Wildman–Crippen MR) is 75.5 cm³/mol. The molecule has 6 heteroatoms. The number of hydrogen-bond donors (Lipinski definition) is 2. The number of hydrogen-bond acceptors (Lipinski definition) is 3. The first kappa shape index (κ1) is 13.1. The second kappa shape index (κ2) is 6.02. The van der Waals surface area contributed by atoms with Crippen molar-refractivity contribution in [1.82, 2.24) is 10.3 Å². The highest BCUT2D eigenvalue weighted by Crippen LogP contribution is 2.21. The van der Waals surface area contributed by atoms with Gasteiger partial charge in [-0.15, -0.1) is 0 Å². The van der Waals surface area contributed by atoms with Gasteiger partial charge in [-0.1, -0.05) is 11.0 Å². The first-order valence-corrected chi connectivity index (χ1v) is 7.24. The van der Waals surface area contributed by atoms with Crippen molar-refractivity contribution in [2.45, 2.75) is 0 Å². The maximum atomic E-state index is 11.8. The highest BCUT2D eigenvalue weighted by atomic mass is 35.7. The zero-order chi connectivity index (χ0) is 13.0. The van der Waals surface area contributed by atoms with Crippen LogP contribution in [0, 0.1) is 0 Å². The van der Waals surface area contributed by atoms with Crippen LogP contribution in [0.3, 0.4) is 0 Å². The summed E-state index contributed by atoms with van der Waals surface area (Å²) >= 11 is 0. The van der Waals surface area contributed by atoms with E-state index in [1.165, 1.54) is 11.0 Å². The van der Waals surface area contributed by atoms with Gasteiger partial charge in [-0.25, -0.2) is 0 Å². The van der Waals surface area contributed by atoms with E-state index in [4.69, 9.17) is 15.4 Å². The number of fused-ring (bicyclic) bond motifs is 1. The molecule has 0 radical (unpaired) electrons. The molecule has 96 valence electrons. The average Bonchev–Trinajstić information content (AvgIpc) is 2.81. The van der Waals surface area contributed by atoms with Crippen molar-refractivity contribution in [2.24, 2.45) is 0 Å². The molecule has 1 amide bonds. The lowest BCUT2D eigenvalue weighted by atomic mass is 10.2. The molecule has 0 aliphatic heterocycles. The van der Waals surface area contributed by atoms with E-state index in [0.29, 0.717) is 18.0 Å². The van der Waals surface area contributed by atoms with Gasteiger partial charge >= 0.3 is 0 Å². The van der Waals surface area contributed by atoms with Gasteiger partial charge in [0.05, 0.1) is 7.11 Å². The molecular formula is C12H13ClN2O2S. The number of ether oxygens (including phenoxy) is 1. The topological polar surface area (TPSA) is 54.1 Å². The van der Waals surface area contributed by atoms with Crippen molar-refractivity contribution < 1.29 is 9.53 Å². The highest BCUT2D eigenvalue weighted by molar-refractivity contribution is 8.21. The Bertz CT molecular complexity index is 556. The van der Waals surface area contributed by atoms with Crippen molar-refractivity contribution in [2.75, 3.05) is 19.4 Å². The fourth-order valence-electron chi connectivity index (χ4n) is 1.66. The van der Waals surface area contributed by atoms with Crippen molar-refractivity contribution >= 4 is 38.5 Å². The second-order valence-corrected chi connectivity index (χ2v) is 4.99. The number of rotatable bonds is 5.